The molecule has 2 N–H and O–H groups in total. The van der Waals surface area contributed by atoms with Gasteiger partial charge in [-0.2, -0.15) is 0 Å². The molecule has 0 aliphatic carbocycles. The van der Waals surface area contributed by atoms with E-state index in [1.54, 1.807) is 4.90 Å². The summed E-state index contributed by atoms with van der Waals surface area (Å²) in [5.74, 6) is 1.24. The van der Waals surface area contributed by atoms with Gasteiger partial charge in [-0.1, -0.05) is 54.7 Å². The van der Waals surface area contributed by atoms with Crippen molar-refractivity contribution >= 4 is 51.9 Å². The first-order valence-electron chi connectivity index (χ1n) is 10.3. The molecule has 2 aromatic rings. The summed E-state index contributed by atoms with van der Waals surface area (Å²) < 4.78 is 11.3. The Hall–Kier alpha value is -3.04. The fourth-order valence-corrected chi connectivity index (χ4v) is 4.61. The van der Waals surface area contributed by atoms with E-state index in [9.17, 15) is 9.59 Å². The zero-order valence-electron chi connectivity index (χ0n) is 17.3. The number of ether oxygens (including phenoxy) is 2. The summed E-state index contributed by atoms with van der Waals surface area (Å²) in [6.07, 6.45) is 4.60. The summed E-state index contributed by atoms with van der Waals surface area (Å²) in [7, 11) is 0. The standard InChI is InChI=1S/C23H23N3O4S2/c27-21(25-24-17-7-3-1-4-8-17)9-5-2-6-12-26-22(28)20(32-23(26)31)14-16-10-11-18-19(13-16)30-15-29-18/h1,3-4,7-8,10-11,13-14,24H,2,5-6,9,12,15H2,(H,25,27)/b20-14-. The minimum absolute atomic E-state index is 0.0638. The summed E-state index contributed by atoms with van der Waals surface area (Å²) in [5, 5.41) is 0. The number of rotatable bonds is 9. The quantitative estimate of drug-likeness (QED) is 0.245. The van der Waals surface area contributed by atoms with Crippen molar-refractivity contribution in [3.8, 4) is 11.5 Å². The highest BCUT2D eigenvalue weighted by Gasteiger charge is 2.31. The van der Waals surface area contributed by atoms with E-state index in [2.05, 4.69) is 10.9 Å². The van der Waals surface area contributed by atoms with Crippen LogP contribution in [0.3, 0.4) is 0 Å². The van der Waals surface area contributed by atoms with Gasteiger partial charge in [0.1, 0.15) is 4.32 Å². The Morgan fingerprint density at radius 3 is 2.75 bits per heavy atom. The first-order chi connectivity index (χ1) is 15.6. The Bertz CT molecular complexity index is 1040. The third-order valence-corrected chi connectivity index (χ3v) is 6.35. The van der Waals surface area contributed by atoms with Crippen molar-refractivity contribution in [3.05, 3.63) is 59.0 Å². The molecule has 0 radical (unpaired) electrons. The molecule has 7 nitrogen and oxygen atoms in total. The van der Waals surface area contributed by atoms with Crippen molar-refractivity contribution in [2.45, 2.75) is 25.7 Å². The smallest absolute Gasteiger partial charge is 0.266 e. The second-order valence-electron chi connectivity index (χ2n) is 7.30. The molecule has 2 aliphatic rings. The lowest BCUT2D eigenvalue weighted by atomic mass is 10.1. The van der Waals surface area contributed by atoms with Crippen molar-refractivity contribution in [1.82, 2.24) is 10.3 Å². The zero-order chi connectivity index (χ0) is 22.3. The van der Waals surface area contributed by atoms with Gasteiger partial charge in [-0.15, -0.1) is 0 Å². The number of thioether (sulfide) groups is 1. The van der Waals surface area contributed by atoms with Crippen LogP contribution in [0.1, 0.15) is 31.2 Å². The molecular formula is C23H23N3O4S2. The lowest BCUT2D eigenvalue weighted by Gasteiger charge is -2.14. The van der Waals surface area contributed by atoms with Gasteiger partial charge < -0.3 is 9.47 Å². The van der Waals surface area contributed by atoms with Crippen LogP contribution in [-0.2, 0) is 9.59 Å². The van der Waals surface area contributed by atoms with E-state index in [1.165, 1.54) is 11.8 Å². The number of carbonyl (C=O) groups excluding carboxylic acids is 2. The number of unbranched alkanes of at least 4 members (excludes halogenated alkanes) is 2. The number of thiocarbonyl (C=S) groups is 1. The van der Waals surface area contributed by atoms with Crippen molar-refractivity contribution in [2.24, 2.45) is 0 Å². The molecule has 2 aliphatic heterocycles. The number of hydrogen-bond acceptors (Lipinski definition) is 7. The SMILES string of the molecule is O=C(CCCCCN1C(=O)/C(=C/c2ccc3c(c2)OCO3)SC1=S)NNc1ccccc1. The molecule has 0 atom stereocenters. The monoisotopic (exact) mass is 469 g/mol. The highest BCUT2D eigenvalue weighted by molar-refractivity contribution is 8.26. The van der Waals surface area contributed by atoms with E-state index in [1.807, 2.05) is 54.6 Å². The molecule has 0 unspecified atom stereocenters. The maximum Gasteiger partial charge on any atom is 0.266 e. The average Bonchev–Trinajstić information content (AvgIpc) is 3.37. The Labute approximate surface area is 196 Å². The third kappa shape index (κ3) is 5.60. The van der Waals surface area contributed by atoms with Crippen molar-refractivity contribution in [3.63, 3.8) is 0 Å². The predicted molar refractivity (Wildman–Crippen MR) is 129 cm³/mol. The molecule has 0 bridgehead atoms. The van der Waals surface area contributed by atoms with Crippen LogP contribution < -0.4 is 20.3 Å². The van der Waals surface area contributed by atoms with Crippen molar-refractivity contribution in [1.29, 1.82) is 0 Å². The minimum atomic E-state index is -0.0810. The molecule has 1 saturated heterocycles. The summed E-state index contributed by atoms with van der Waals surface area (Å²) in [5.41, 5.74) is 7.28. The maximum absolute atomic E-state index is 12.8. The van der Waals surface area contributed by atoms with Crippen LogP contribution in [0.5, 0.6) is 11.5 Å². The molecule has 0 saturated carbocycles. The normalized spacial score (nSPS) is 16.0. The zero-order valence-corrected chi connectivity index (χ0v) is 19.0. The number of para-hydroxylation sites is 1. The van der Waals surface area contributed by atoms with Gasteiger partial charge in [0.15, 0.2) is 11.5 Å². The maximum atomic E-state index is 12.8. The number of hydrazine groups is 1. The van der Waals surface area contributed by atoms with Gasteiger partial charge in [0.2, 0.25) is 12.7 Å². The summed E-state index contributed by atoms with van der Waals surface area (Å²) >= 11 is 6.71. The molecular weight excluding hydrogens is 446 g/mol. The Balaban J connectivity index is 1.19. The fourth-order valence-electron chi connectivity index (χ4n) is 3.31. The summed E-state index contributed by atoms with van der Waals surface area (Å²) in [4.78, 5) is 26.9. The Kier molecular flexibility index (Phi) is 7.28. The second kappa shape index (κ2) is 10.5. The van der Waals surface area contributed by atoms with E-state index in [4.69, 9.17) is 21.7 Å². The number of anilines is 1. The van der Waals surface area contributed by atoms with E-state index in [0.717, 1.165) is 30.5 Å². The molecule has 2 aromatic carbocycles. The van der Waals surface area contributed by atoms with Gasteiger partial charge in [0.05, 0.1) is 10.6 Å². The van der Waals surface area contributed by atoms with E-state index >= 15 is 0 Å². The van der Waals surface area contributed by atoms with Gasteiger partial charge in [0, 0.05) is 13.0 Å². The Morgan fingerprint density at radius 1 is 1.09 bits per heavy atom. The molecule has 1 fully saturated rings. The lowest BCUT2D eigenvalue weighted by Crippen LogP contribution is -2.29. The van der Waals surface area contributed by atoms with Gasteiger partial charge in [-0.05, 0) is 48.7 Å². The molecule has 0 aromatic heterocycles. The second-order valence-corrected chi connectivity index (χ2v) is 8.97. The average molecular weight is 470 g/mol. The predicted octanol–water partition coefficient (Wildman–Crippen LogP) is 4.32. The van der Waals surface area contributed by atoms with Gasteiger partial charge in [0.25, 0.3) is 5.91 Å². The minimum Gasteiger partial charge on any atom is -0.454 e. The number of benzene rings is 2. The summed E-state index contributed by atoms with van der Waals surface area (Å²) in [6, 6.07) is 15.0. The first-order valence-corrected chi connectivity index (χ1v) is 11.6. The van der Waals surface area contributed by atoms with Crippen LogP contribution in [0.15, 0.2) is 53.4 Å². The number of nitrogens with one attached hydrogen (secondary N) is 2. The van der Waals surface area contributed by atoms with E-state index in [-0.39, 0.29) is 18.6 Å². The highest BCUT2D eigenvalue weighted by atomic mass is 32.2. The number of hydrogen-bond donors (Lipinski definition) is 2. The van der Waals surface area contributed by atoms with Crippen LogP contribution in [-0.4, -0.2) is 34.4 Å². The topological polar surface area (TPSA) is 79.9 Å². The van der Waals surface area contributed by atoms with Crippen LogP contribution >= 0.6 is 24.0 Å². The molecule has 32 heavy (non-hydrogen) atoms. The highest BCUT2D eigenvalue weighted by Crippen LogP contribution is 2.36. The van der Waals surface area contributed by atoms with Crippen LogP contribution in [0, 0.1) is 0 Å². The number of fused-ring (bicyclic) bond motifs is 1. The molecule has 2 heterocycles. The molecule has 166 valence electrons. The third-order valence-electron chi connectivity index (χ3n) is 4.97. The number of nitrogens with zero attached hydrogens (tertiary/aromatic N) is 1. The van der Waals surface area contributed by atoms with Gasteiger partial charge in [-0.25, -0.2) is 0 Å². The number of carbonyl (C=O) groups is 2. The van der Waals surface area contributed by atoms with Crippen LogP contribution in [0.4, 0.5) is 5.69 Å². The number of amides is 2. The lowest BCUT2D eigenvalue weighted by molar-refractivity contribution is -0.122. The Morgan fingerprint density at radius 2 is 1.91 bits per heavy atom. The molecule has 2 amide bonds. The molecule has 0 spiro atoms. The van der Waals surface area contributed by atoms with Crippen LogP contribution in [0.2, 0.25) is 0 Å². The fraction of sp³-hybridized carbons (Fsp3) is 0.261. The van der Waals surface area contributed by atoms with Gasteiger partial charge in [-0.3, -0.25) is 25.3 Å². The van der Waals surface area contributed by atoms with Crippen LogP contribution in [0.25, 0.3) is 6.08 Å². The van der Waals surface area contributed by atoms with E-state index < -0.39 is 0 Å². The van der Waals surface area contributed by atoms with Crippen molar-refractivity contribution in [2.75, 3.05) is 18.8 Å². The first kappa shape index (κ1) is 22.2. The largest absolute Gasteiger partial charge is 0.454 e. The molecule has 9 heteroatoms. The molecule has 4 rings (SSSR count). The summed E-state index contributed by atoms with van der Waals surface area (Å²) in [6.45, 7) is 0.763. The van der Waals surface area contributed by atoms with E-state index in [0.29, 0.717) is 33.7 Å². The van der Waals surface area contributed by atoms with Crippen molar-refractivity contribution < 1.29 is 19.1 Å². The van der Waals surface area contributed by atoms with Gasteiger partial charge >= 0.3 is 0 Å².